The lowest BCUT2D eigenvalue weighted by atomic mass is 10.0. The molecule has 138 heavy (non-hydrogen) atoms. The zero-order chi connectivity index (χ0) is 104. The number of ether oxygens (including phenoxy) is 8. The summed E-state index contributed by atoms with van der Waals surface area (Å²) in [6.07, 6.45) is 10.9. The highest BCUT2D eigenvalue weighted by atomic mass is 35.5. The molecule has 4 aliphatic carbocycles. The van der Waals surface area contributed by atoms with Crippen molar-refractivity contribution in [1.29, 1.82) is 0 Å². The first-order valence-corrected chi connectivity index (χ1v) is 45.8. The van der Waals surface area contributed by atoms with Gasteiger partial charge in [-0.2, -0.15) is 0 Å². The van der Waals surface area contributed by atoms with Gasteiger partial charge in [0.25, 0.3) is 0 Å². The molecule has 0 spiro atoms. The lowest BCUT2D eigenvalue weighted by Crippen LogP contribution is -2.24. The molecule has 27 heteroatoms. The Morgan fingerprint density at radius 2 is 0.710 bits per heavy atom. The van der Waals surface area contributed by atoms with Crippen LogP contribution in [-0.4, -0.2) is 63.1 Å². The highest BCUT2D eigenvalue weighted by Gasteiger charge is 2.34. The van der Waals surface area contributed by atoms with Crippen LogP contribution in [0.1, 0.15) is 257 Å². The maximum absolute atomic E-state index is 14.5. The molecule has 0 bridgehead atoms. The SMILES string of the molecule is CC1=C(C)c2c(cc(F)c(OC(C)(C)C)c2F)C1.CC1=C(F)c2c(ccc(OC(C)(C)C)c2F)C1.CC1=Cc2c(F)c(OC(C)(C)C)cc(F)c2C1.CC1=Cc2c(cc(F)c(OC(C)(C)C)c2F)C1.Cc1c(C)n(C)c2c(F)cc(OC(C)(C)C)c(F)c12.Cn1ccc2c(Cl)c(OC(C)(C)C)ccc21.Cn1ccc2c(F)c(OC(C)(C)C)c(F)cc21.Cn1ccc2c(F)c(OC(C)(C)C)cc(F)c21. The minimum Gasteiger partial charge on any atom is -0.487 e. The van der Waals surface area contributed by atoms with Crippen molar-refractivity contribution in [3.63, 3.8) is 0 Å². The highest BCUT2D eigenvalue weighted by Crippen LogP contribution is 2.46. The summed E-state index contributed by atoms with van der Waals surface area (Å²) in [4.78, 5) is 0. The molecule has 0 fully saturated rings. The van der Waals surface area contributed by atoms with Crippen LogP contribution < -0.4 is 37.9 Å². The van der Waals surface area contributed by atoms with E-state index in [1.807, 2.05) is 112 Å². The number of aryl methyl sites for hydroxylation is 5. The van der Waals surface area contributed by atoms with Gasteiger partial charge < -0.3 is 56.2 Å². The Morgan fingerprint density at radius 3 is 1.24 bits per heavy atom. The molecule has 0 aliphatic heterocycles. The Labute approximate surface area is 807 Å². The summed E-state index contributed by atoms with van der Waals surface area (Å²) in [5, 5.41) is 2.64. The zero-order valence-electron chi connectivity index (χ0n) is 85.9. The van der Waals surface area contributed by atoms with Gasteiger partial charge in [0.15, 0.2) is 110 Å². The number of rotatable bonds is 8. The molecular weight excluding hydrogens is 1820 g/mol. The molecule has 8 aromatic carbocycles. The second-order valence-corrected chi connectivity index (χ2v) is 43.5. The van der Waals surface area contributed by atoms with Crippen molar-refractivity contribution >= 4 is 78.8 Å². The predicted molar refractivity (Wildman–Crippen MR) is 529 cm³/mol. The van der Waals surface area contributed by atoms with Crippen LogP contribution in [0.15, 0.2) is 120 Å². The van der Waals surface area contributed by atoms with E-state index in [9.17, 15) is 61.5 Å². The maximum atomic E-state index is 14.5. The molecule has 0 N–H and O–H groups in total. The number of allylic oxidation sites excluding steroid dienone is 5. The predicted octanol–water partition coefficient (Wildman–Crippen LogP) is 32.5. The number of hydrogen-bond acceptors (Lipinski definition) is 8. The van der Waals surface area contributed by atoms with E-state index in [2.05, 4.69) is 0 Å². The lowest BCUT2D eigenvalue weighted by Gasteiger charge is -2.23. The largest absolute Gasteiger partial charge is 0.487 e. The first-order valence-electron chi connectivity index (χ1n) is 45.4. The highest BCUT2D eigenvalue weighted by molar-refractivity contribution is 6.37. The molecule has 16 rings (SSSR count). The maximum Gasteiger partial charge on any atom is 0.192 e. The number of hydrogen-bond donors (Lipinski definition) is 0. The topological polar surface area (TPSA) is 93.6 Å². The van der Waals surface area contributed by atoms with E-state index >= 15 is 0 Å². The fraction of sp³-hybridized carbons (Fsp3) is 0.423. The van der Waals surface area contributed by atoms with E-state index in [1.165, 1.54) is 18.2 Å². The Kier molecular flexibility index (Phi) is 33.2. The van der Waals surface area contributed by atoms with Gasteiger partial charge in [-0.1, -0.05) is 46.5 Å². The molecule has 0 radical (unpaired) electrons. The molecule has 12 aromatic rings. The number of halogens is 15. The molecule has 0 saturated heterocycles. The first kappa shape index (κ1) is 110. The van der Waals surface area contributed by atoms with Crippen molar-refractivity contribution in [3.05, 3.63) is 256 Å². The number of aromatic nitrogens is 4. The summed E-state index contributed by atoms with van der Waals surface area (Å²) in [5.74, 6) is -7.67. The third-order valence-electron chi connectivity index (χ3n) is 21.5. The van der Waals surface area contributed by atoms with Crippen molar-refractivity contribution in [1.82, 2.24) is 18.3 Å². The molecule has 0 unspecified atom stereocenters. The molecule has 748 valence electrons. The smallest absolute Gasteiger partial charge is 0.192 e. The summed E-state index contributed by atoms with van der Waals surface area (Å²) in [5.41, 5.74) is 7.93. The Balaban J connectivity index is 0.000000177. The molecule has 4 aliphatic rings. The molecule has 0 atom stereocenters. The van der Waals surface area contributed by atoms with Crippen molar-refractivity contribution in [3.8, 4) is 46.0 Å². The van der Waals surface area contributed by atoms with Crippen LogP contribution in [0.4, 0.5) is 61.5 Å². The van der Waals surface area contributed by atoms with E-state index in [0.29, 0.717) is 91.5 Å². The van der Waals surface area contributed by atoms with E-state index in [4.69, 9.17) is 49.5 Å². The second kappa shape index (κ2) is 41.6. The monoisotopic (exact) mass is 1950 g/mol. The third-order valence-corrected chi connectivity index (χ3v) is 21.9. The van der Waals surface area contributed by atoms with Gasteiger partial charge in [0, 0.05) is 126 Å². The summed E-state index contributed by atoms with van der Waals surface area (Å²) in [7, 11) is 7.15. The van der Waals surface area contributed by atoms with Gasteiger partial charge in [-0.15, -0.1) is 0 Å². The summed E-state index contributed by atoms with van der Waals surface area (Å²) in [6.45, 7) is 56.5. The quantitative estimate of drug-likeness (QED) is 0.139. The lowest BCUT2D eigenvalue weighted by molar-refractivity contribution is 0.117. The fourth-order valence-corrected chi connectivity index (χ4v) is 15.9. The molecule has 4 heterocycles. The van der Waals surface area contributed by atoms with Gasteiger partial charge in [-0.3, -0.25) is 0 Å². The summed E-state index contributed by atoms with van der Waals surface area (Å²) < 4.78 is 247. The summed E-state index contributed by atoms with van der Waals surface area (Å²) in [6, 6.07) is 19.8. The van der Waals surface area contributed by atoms with Gasteiger partial charge in [0.1, 0.15) is 62.2 Å². The molecule has 0 amide bonds. The van der Waals surface area contributed by atoms with Gasteiger partial charge in [0.2, 0.25) is 0 Å². The average Bonchev–Trinajstić information content (AvgIpc) is 1.60. The zero-order valence-corrected chi connectivity index (χ0v) is 86.7. The van der Waals surface area contributed by atoms with Crippen molar-refractivity contribution < 1.29 is 99.4 Å². The van der Waals surface area contributed by atoms with Gasteiger partial charge in [-0.25, -0.2) is 61.5 Å². The van der Waals surface area contributed by atoms with Gasteiger partial charge in [-0.05, 0) is 322 Å². The summed E-state index contributed by atoms with van der Waals surface area (Å²) >= 11 is 6.32. The third kappa shape index (κ3) is 27.0. The molecule has 12 nitrogen and oxygen atoms in total. The minimum absolute atomic E-state index is 0.0142. The molecule has 4 aromatic heterocycles. The van der Waals surface area contributed by atoms with E-state index in [1.54, 1.807) is 222 Å². The van der Waals surface area contributed by atoms with Crippen molar-refractivity contribution in [2.24, 2.45) is 28.2 Å². The minimum atomic E-state index is -0.674. The van der Waals surface area contributed by atoms with Crippen LogP contribution in [0, 0.1) is 89.5 Å². The van der Waals surface area contributed by atoms with Crippen LogP contribution in [-0.2, 0) is 53.9 Å². The van der Waals surface area contributed by atoms with Crippen LogP contribution in [0.5, 0.6) is 46.0 Å². The number of nitrogens with zero attached hydrogens (tertiary/aromatic N) is 4. The standard InChI is InChI=1S/C15H19F2NO.C15H18F2O.3C14H16F2O.C13H16ClNO.2C13H15F2NO/c1-8-9(2)18(6)14-10(16)7-11(13(17)12(8)14)19-15(3,4)5;1-8-6-10-7-11(16)14(18-15(3,4)5)13(17)12(10)9(8)2;1-8-5-9-10(6-8)13(16)12(7-11(9)15)17-14(2,3)4;1-8-5-9-7-11(15)13(17-14(2,3)4)12(16)10(9)6-8;1-8-7-9-5-6-10(17-14(2,3)4)13(16)11(9)12(8)15;1-13(2,3)16-11-6-5-10-9(12(11)14)7-8-15(10)4;1-13(2,3)17-10-7-9(14)12-8(11(10)15)5-6-16(12)4;1-13(2,3)17-12-9(14)7-10-8(11(12)15)5-6-16(10)4/h7H,1-6H3;7H,6H2,1-5H3;2*6-7H,5H2,1-4H3;5-6H,7H2,1-4H3;5-8H,1-4H3;2*5-7H,1-4H3. The van der Waals surface area contributed by atoms with E-state index in [-0.39, 0.29) is 67.8 Å². The van der Waals surface area contributed by atoms with Crippen molar-refractivity contribution in [2.75, 3.05) is 0 Å². The van der Waals surface area contributed by atoms with Crippen LogP contribution in [0.25, 0.3) is 67.2 Å². The Bertz CT molecular complexity index is 6740. The number of benzene rings is 8. The number of fused-ring (bicyclic) bond motifs is 8. The fourth-order valence-electron chi connectivity index (χ4n) is 15.6. The normalized spacial score (nSPS) is 13.5. The first-order chi connectivity index (χ1) is 63.2. The van der Waals surface area contributed by atoms with Crippen LogP contribution in [0.2, 0.25) is 5.02 Å². The average molecular weight is 1950 g/mol. The van der Waals surface area contributed by atoms with E-state index < -0.39 is 121 Å². The van der Waals surface area contributed by atoms with Crippen LogP contribution in [0.3, 0.4) is 0 Å². The van der Waals surface area contributed by atoms with Crippen LogP contribution >= 0.6 is 11.6 Å². The Morgan fingerprint density at radius 1 is 0.304 bits per heavy atom. The molecule has 0 saturated carbocycles. The van der Waals surface area contributed by atoms with Gasteiger partial charge in [0.05, 0.1) is 27.1 Å². The second-order valence-electron chi connectivity index (χ2n) is 43.1. The van der Waals surface area contributed by atoms with E-state index in [0.717, 1.165) is 68.4 Å². The van der Waals surface area contributed by atoms with Gasteiger partial charge >= 0.3 is 0 Å². The Hall–Kier alpha value is -11.4. The van der Waals surface area contributed by atoms with Crippen molar-refractivity contribution in [2.45, 2.75) is 285 Å². The molecular formula is C111H131ClF14N4O8.